The van der Waals surface area contributed by atoms with Gasteiger partial charge in [0.15, 0.2) is 5.76 Å². The molecule has 4 heterocycles. The fourth-order valence-corrected chi connectivity index (χ4v) is 4.39. The van der Waals surface area contributed by atoms with E-state index in [1.807, 2.05) is 4.90 Å². The quantitative estimate of drug-likeness (QED) is 0.836. The Labute approximate surface area is 145 Å². The molecule has 2 aliphatic heterocycles. The van der Waals surface area contributed by atoms with Gasteiger partial charge in [0.25, 0.3) is 5.91 Å². The Morgan fingerprint density at radius 1 is 1.21 bits per heavy atom. The van der Waals surface area contributed by atoms with Crippen molar-refractivity contribution in [3.8, 4) is 0 Å². The van der Waals surface area contributed by atoms with E-state index in [-0.39, 0.29) is 5.91 Å². The minimum absolute atomic E-state index is 0.0829. The van der Waals surface area contributed by atoms with Gasteiger partial charge in [0, 0.05) is 30.1 Å². The summed E-state index contributed by atoms with van der Waals surface area (Å²) in [7, 11) is 0. The van der Waals surface area contributed by atoms with E-state index in [2.05, 4.69) is 23.9 Å². The fraction of sp³-hybridized carbons (Fsp3) is 0.471. The van der Waals surface area contributed by atoms with Crippen molar-refractivity contribution in [2.24, 2.45) is 0 Å². The van der Waals surface area contributed by atoms with E-state index in [0.29, 0.717) is 12.4 Å². The van der Waals surface area contributed by atoms with E-state index in [1.165, 1.54) is 16.0 Å². The fourth-order valence-electron chi connectivity index (χ4n) is 3.24. The number of hydrazine groups is 1. The number of rotatable bonds is 2. The molecule has 0 radical (unpaired) electrons. The Morgan fingerprint density at radius 2 is 2.00 bits per heavy atom. The first kappa shape index (κ1) is 15.8. The van der Waals surface area contributed by atoms with Crippen molar-refractivity contribution in [3.63, 3.8) is 0 Å². The van der Waals surface area contributed by atoms with Crippen molar-refractivity contribution in [3.05, 3.63) is 40.2 Å². The number of thiophene rings is 1. The number of aryl methyl sites for hydroxylation is 1. The molecule has 128 valence electrons. The zero-order chi connectivity index (χ0) is 16.7. The molecule has 24 heavy (non-hydrogen) atoms. The van der Waals surface area contributed by atoms with Crippen LogP contribution in [0.25, 0.3) is 0 Å². The number of nitrogens with zero attached hydrogens (tertiary/aromatic N) is 3. The van der Waals surface area contributed by atoms with Gasteiger partial charge in [-0.2, -0.15) is 0 Å². The monoisotopic (exact) mass is 347 g/mol. The Morgan fingerprint density at radius 3 is 2.71 bits per heavy atom. The Balaban J connectivity index is 1.69. The summed E-state index contributed by atoms with van der Waals surface area (Å²) < 4.78 is 10.8. The molecule has 0 N–H and O–H groups in total. The molecule has 1 amide bonds. The van der Waals surface area contributed by atoms with Crippen LogP contribution in [0.1, 0.15) is 26.6 Å². The van der Waals surface area contributed by atoms with Crippen molar-refractivity contribution in [2.75, 3.05) is 37.9 Å². The van der Waals surface area contributed by atoms with Crippen LogP contribution in [0.4, 0.5) is 5.00 Å². The van der Waals surface area contributed by atoms with Crippen LogP contribution in [0.3, 0.4) is 0 Å². The summed E-state index contributed by atoms with van der Waals surface area (Å²) in [5.41, 5.74) is 2.53. The van der Waals surface area contributed by atoms with E-state index in [1.54, 1.807) is 29.7 Å². The van der Waals surface area contributed by atoms with E-state index in [4.69, 9.17) is 9.15 Å². The second kappa shape index (κ2) is 6.33. The third-order valence-electron chi connectivity index (χ3n) is 4.74. The number of carbonyl (C=O) groups excluding carboxylic acids is 1. The summed E-state index contributed by atoms with van der Waals surface area (Å²) in [6.45, 7) is 8.84. The number of anilines is 1. The number of carbonyl (C=O) groups is 1. The van der Waals surface area contributed by atoms with Crippen molar-refractivity contribution in [2.45, 2.75) is 20.4 Å². The molecule has 0 bridgehead atoms. The first-order valence-electron chi connectivity index (χ1n) is 8.17. The van der Waals surface area contributed by atoms with Gasteiger partial charge in [-0.15, -0.1) is 11.3 Å². The maximum Gasteiger partial charge on any atom is 0.295 e. The largest absolute Gasteiger partial charge is 0.459 e. The van der Waals surface area contributed by atoms with Gasteiger partial charge in [-0.3, -0.25) is 9.69 Å². The smallest absolute Gasteiger partial charge is 0.295 e. The van der Waals surface area contributed by atoms with Crippen LogP contribution in [0.2, 0.25) is 0 Å². The van der Waals surface area contributed by atoms with Crippen molar-refractivity contribution >= 4 is 22.2 Å². The predicted molar refractivity (Wildman–Crippen MR) is 92.1 cm³/mol. The van der Waals surface area contributed by atoms with Crippen LogP contribution < -0.4 is 4.90 Å². The number of ether oxygens (including phenoxy) is 1. The van der Waals surface area contributed by atoms with Gasteiger partial charge >= 0.3 is 0 Å². The van der Waals surface area contributed by atoms with Gasteiger partial charge in [-0.05, 0) is 31.5 Å². The lowest BCUT2D eigenvalue weighted by atomic mass is 10.1. The molecular formula is C17H21N3O3S. The second-order valence-electron chi connectivity index (χ2n) is 6.15. The standard InChI is InChI=1S/C17H21N3O3S/c1-12-13(2)24-17-14(12)10-19(18-5-8-22-9-6-18)11-20(17)16(21)15-4-3-7-23-15/h3-4,7H,5-6,8-11H2,1-2H3. The maximum absolute atomic E-state index is 12.9. The van der Waals surface area contributed by atoms with E-state index >= 15 is 0 Å². The number of hydrogen-bond donors (Lipinski definition) is 0. The third-order valence-corrected chi connectivity index (χ3v) is 6.02. The van der Waals surface area contributed by atoms with Crippen LogP contribution in [-0.4, -0.2) is 48.9 Å². The molecule has 0 aromatic carbocycles. The Bertz CT molecular complexity index is 735. The van der Waals surface area contributed by atoms with Crippen LogP contribution >= 0.6 is 11.3 Å². The molecule has 1 saturated heterocycles. The lowest BCUT2D eigenvalue weighted by Gasteiger charge is -2.42. The van der Waals surface area contributed by atoms with Gasteiger partial charge in [0.1, 0.15) is 5.00 Å². The first-order valence-corrected chi connectivity index (χ1v) is 8.98. The van der Waals surface area contributed by atoms with Gasteiger partial charge in [-0.25, -0.2) is 10.0 Å². The van der Waals surface area contributed by atoms with Crippen molar-refractivity contribution in [1.29, 1.82) is 0 Å². The first-order chi connectivity index (χ1) is 11.6. The molecule has 7 heteroatoms. The van der Waals surface area contributed by atoms with E-state index < -0.39 is 0 Å². The van der Waals surface area contributed by atoms with Crippen LogP contribution in [-0.2, 0) is 11.3 Å². The summed E-state index contributed by atoms with van der Waals surface area (Å²) in [5.74, 6) is 0.300. The molecule has 0 atom stereocenters. The average Bonchev–Trinajstić information content (AvgIpc) is 3.24. The molecule has 2 aromatic rings. The number of hydrogen-bond acceptors (Lipinski definition) is 6. The number of furan rings is 1. The van der Waals surface area contributed by atoms with Crippen LogP contribution in [0.5, 0.6) is 0 Å². The molecule has 2 aliphatic rings. The molecule has 0 saturated carbocycles. The van der Waals surface area contributed by atoms with Gasteiger partial charge < -0.3 is 9.15 Å². The van der Waals surface area contributed by atoms with Gasteiger partial charge in [0.05, 0.1) is 26.1 Å². The number of morpholine rings is 1. The second-order valence-corrected chi connectivity index (χ2v) is 7.35. The van der Waals surface area contributed by atoms with Gasteiger partial charge in [-0.1, -0.05) is 0 Å². The summed E-state index contributed by atoms with van der Waals surface area (Å²) in [6.07, 6.45) is 1.54. The highest BCUT2D eigenvalue weighted by molar-refractivity contribution is 7.16. The molecule has 2 aromatic heterocycles. The highest BCUT2D eigenvalue weighted by Gasteiger charge is 2.34. The third kappa shape index (κ3) is 2.67. The summed E-state index contributed by atoms with van der Waals surface area (Å²) >= 11 is 1.69. The molecular weight excluding hydrogens is 326 g/mol. The summed E-state index contributed by atoms with van der Waals surface area (Å²) in [5, 5.41) is 5.60. The molecule has 1 fully saturated rings. The molecule has 0 spiro atoms. The van der Waals surface area contributed by atoms with Crippen LogP contribution in [0.15, 0.2) is 22.8 Å². The van der Waals surface area contributed by atoms with E-state index in [0.717, 1.165) is 37.8 Å². The topological polar surface area (TPSA) is 49.2 Å². The lowest BCUT2D eigenvalue weighted by Crippen LogP contribution is -2.55. The highest BCUT2D eigenvalue weighted by Crippen LogP contribution is 2.40. The Hall–Kier alpha value is -1.67. The normalized spacial score (nSPS) is 19.5. The highest BCUT2D eigenvalue weighted by atomic mass is 32.1. The number of amides is 1. The summed E-state index contributed by atoms with van der Waals surface area (Å²) in [6, 6.07) is 3.48. The maximum atomic E-state index is 12.9. The molecule has 6 nitrogen and oxygen atoms in total. The average molecular weight is 347 g/mol. The zero-order valence-electron chi connectivity index (χ0n) is 13.9. The number of fused-ring (bicyclic) bond motifs is 1. The van der Waals surface area contributed by atoms with Gasteiger partial charge in [0.2, 0.25) is 0 Å². The lowest BCUT2D eigenvalue weighted by molar-refractivity contribution is -0.0964. The minimum Gasteiger partial charge on any atom is -0.459 e. The Kier molecular flexibility index (Phi) is 4.17. The minimum atomic E-state index is -0.0829. The van der Waals surface area contributed by atoms with E-state index in [9.17, 15) is 4.79 Å². The summed E-state index contributed by atoms with van der Waals surface area (Å²) in [4.78, 5) is 16.1. The van der Waals surface area contributed by atoms with Crippen molar-refractivity contribution < 1.29 is 13.9 Å². The van der Waals surface area contributed by atoms with Crippen LogP contribution in [0, 0.1) is 13.8 Å². The molecule has 0 aliphatic carbocycles. The predicted octanol–water partition coefficient (Wildman–Crippen LogP) is 2.63. The SMILES string of the molecule is Cc1sc2c(c1C)CN(N1CCOCC1)CN2C(=O)c1ccco1. The zero-order valence-corrected chi connectivity index (χ0v) is 14.8. The van der Waals surface area contributed by atoms with Crippen molar-refractivity contribution in [1.82, 2.24) is 10.0 Å². The molecule has 0 unspecified atom stereocenters. The molecule has 4 rings (SSSR count).